The molecule has 2 aliphatic heterocycles. The topological polar surface area (TPSA) is 40.6 Å². The Morgan fingerprint density at radius 2 is 1.62 bits per heavy atom. The monoisotopic (exact) mass is 346 g/mol. The molecule has 0 aromatic carbocycles. The molecule has 2 fully saturated rings. The molecule has 2 heterocycles. The number of hydrogen-bond donors (Lipinski definition) is 0. The van der Waals surface area contributed by atoms with Crippen molar-refractivity contribution in [2.45, 2.75) is 65.8 Å². The Kier molecular flexibility index (Phi) is 7.77. The van der Waals surface area contributed by atoms with Crippen LogP contribution in [0, 0.1) is 11.8 Å². The van der Waals surface area contributed by atoms with E-state index in [-0.39, 0.29) is 24.2 Å². The zero-order valence-corrected chi connectivity index (χ0v) is 15.6. The van der Waals surface area contributed by atoms with Crippen LogP contribution < -0.4 is 0 Å². The fourth-order valence-electron chi connectivity index (χ4n) is 3.46. The Hall–Kier alpha value is -1.04. The van der Waals surface area contributed by atoms with E-state index >= 15 is 0 Å². The van der Waals surface area contributed by atoms with Gasteiger partial charge in [0, 0.05) is 30.8 Å². The third kappa shape index (κ3) is 5.50. The molecule has 1 unspecified atom stereocenters. The maximum atomic E-state index is 13.8. The highest BCUT2D eigenvalue weighted by Crippen LogP contribution is 2.32. The number of halogens is 2. The lowest BCUT2D eigenvalue weighted by atomic mass is 9.89. The van der Waals surface area contributed by atoms with Gasteiger partial charge in [0.25, 0.3) is 5.92 Å². The number of piperidine rings is 2. The van der Waals surface area contributed by atoms with Crippen molar-refractivity contribution in [1.82, 2.24) is 9.80 Å². The smallest absolute Gasteiger partial charge is 0.266 e. The molecule has 0 spiro atoms. The fraction of sp³-hybridized carbons (Fsp3) is 0.889. The molecule has 24 heavy (non-hydrogen) atoms. The molecule has 0 aromatic heterocycles. The first-order chi connectivity index (χ1) is 11.2. The number of rotatable bonds is 3. The predicted molar refractivity (Wildman–Crippen MR) is 91.1 cm³/mol. The summed E-state index contributed by atoms with van der Waals surface area (Å²) in [5.74, 6) is -4.33. The minimum absolute atomic E-state index is 0.147. The summed E-state index contributed by atoms with van der Waals surface area (Å²) >= 11 is 0. The average Bonchev–Trinajstić information content (AvgIpc) is 2.54. The van der Waals surface area contributed by atoms with Crippen LogP contribution in [-0.2, 0) is 9.59 Å². The standard InChI is InChI=1S/C16H26F2N2O2.C2H6/c1-11(2)19-6-4-13(5-7-19)15(22)20-9-14(12(3)21)8-16(17,18)10-20;1-2/h11,13-14H,4-10H2,1-3H3;1-2H3. The van der Waals surface area contributed by atoms with E-state index in [0.29, 0.717) is 18.9 Å². The number of alkyl halides is 2. The summed E-state index contributed by atoms with van der Waals surface area (Å²) in [6.07, 6.45) is 0.992. The van der Waals surface area contributed by atoms with Gasteiger partial charge in [-0.05, 0) is 46.7 Å². The number of likely N-dealkylation sites (tertiary alicyclic amines) is 2. The average molecular weight is 346 g/mol. The summed E-state index contributed by atoms with van der Waals surface area (Å²) in [6, 6.07) is 0.442. The molecule has 0 aromatic rings. The summed E-state index contributed by atoms with van der Waals surface area (Å²) in [7, 11) is 0. The van der Waals surface area contributed by atoms with E-state index < -0.39 is 24.8 Å². The number of amides is 1. The van der Waals surface area contributed by atoms with Crippen molar-refractivity contribution in [3.8, 4) is 0 Å². The van der Waals surface area contributed by atoms with Gasteiger partial charge in [0.05, 0.1) is 6.54 Å². The summed E-state index contributed by atoms with van der Waals surface area (Å²) in [6.45, 7) is 10.8. The maximum absolute atomic E-state index is 13.8. The highest BCUT2D eigenvalue weighted by Gasteiger charge is 2.44. The molecule has 0 N–H and O–H groups in total. The third-order valence-corrected chi connectivity index (χ3v) is 4.90. The van der Waals surface area contributed by atoms with Crippen molar-refractivity contribution in [1.29, 1.82) is 0 Å². The Balaban J connectivity index is 0.00000139. The van der Waals surface area contributed by atoms with E-state index in [2.05, 4.69) is 18.7 Å². The maximum Gasteiger partial charge on any atom is 0.266 e. The van der Waals surface area contributed by atoms with E-state index in [1.54, 1.807) is 0 Å². The molecular weight excluding hydrogens is 314 g/mol. The van der Waals surface area contributed by atoms with Crippen molar-refractivity contribution < 1.29 is 18.4 Å². The second-order valence-electron chi connectivity index (χ2n) is 6.99. The fourth-order valence-corrected chi connectivity index (χ4v) is 3.46. The number of ketones is 1. The number of carbonyl (C=O) groups excluding carboxylic acids is 2. The van der Waals surface area contributed by atoms with Gasteiger partial charge in [-0.25, -0.2) is 8.78 Å². The number of carbonyl (C=O) groups is 2. The molecule has 1 amide bonds. The predicted octanol–water partition coefficient (Wildman–Crippen LogP) is 3.21. The van der Waals surface area contributed by atoms with Crippen molar-refractivity contribution in [3.63, 3.8) is 0 Å². The van der Waals surface area contributed by atoms with E-state index in [4.69, 9.17) is 0 Å². The first kappa shape index (κ1) is 21.0. The summed E-state index contributed by atoms with van der Waals surface area (Å²) < 4.78 is 27.6. The minimum atomic E-state index is -2.96. The van der Waals surface area contributed by atoms with Crippen molar-refractivity contribution in [2.75, 3.05) is 26.2 Å². The van der Waals surface area contributed by atoms with Crippen LogP contribution in [0.3, 0.4) is 0 Å². The lowest BCUT2D eigenvalue weighted by Crippen LogP contribution is -2.53. The Morgan fingerprint density at radius 1 is 1.08 bits per heavy atom. The van der Waals surface area contributed by atoms with Crippen LogP contribution in [0.1, 0.15) is 53.9 Å². The molecule has 0 radical (unpaired) electrons. The Bertz CT molecular complexity index is 433. The SMILES string of the molecule is CC.CC(=O)C1CN(C(=O)C2CCN(C(C)C)CC2)CC(F)(F)C1. The molecule has 2 rings (SSSR count). The van der Waals surface area contributed by atoms with Crippen LogP contribution in [0.2, 0.25) is 0 Å². The number of hydrogen-bond acceptors (Lipinski definition) is 3. The van der Waals surface area contributed by atoms with Crippen molar-refractivity contribution >= 4 is 11.7 Å². The van der Waals surface area contributed by atoms with Gasteiger partial charge in [-0.2, -0.15) is 0 Å². The summed E-state index contributed by atoms with van der Waals surface area (Å²) in [4.78, 5) is 27.5. The van der Waals surface area contributed by atoms with Gasteiger partial charge in [0.2, 0.25) is 5.91 Å². The quantitative estimate of drug-likeness (QED) is 0.788. The Morgan fingerprint density at radius 3 is 2.08 bits per heavy atom. The van der Waals surface area contributed by atoms with Crippen LogP contribution >= 0.6 is 0 Å². The molecule has 140 valence electrons. The normalized spacial score (nSPS) is 25.2. The van der Waals surface area contributed by atoms with Gasteiger partial charge >= 0.3 is 0 Å². The molecule has 0 bridgehead atoms. The van der Waals surface area contributed by atoms with Crippen LogP contribution in [0.4, 0.5) is 8.78 Å². The van der Waals surface area contributed by atoms with Gasteiger partial charge in [-0.1, -0.05) is 13.8 Å². The minimum Gasteiger partial charge on any atom is -0.336 e. The lowest BCUT2D eigenvalue weighted by molar-refractivity contribution is -0.154. The molecule has 0 aliphatic carbocycles. The van der Waals surface area contributed by atoms with E-state index in [1.807, 2.05) is 13.8 Å². The van der Waals surface area contributed by atoms with Gasteiger partial charge in [0.15, 0.2) is 0 Å². The third-order valence-electron chi connectivity index (χ3n) is 4.90. The van der Waals surface area contributed by atoms with Gasteiger partial charge < -0.3 is 9.80 Å². The first-order valence-corrected chi connectivity index (χ1v) is 9.11. The number of nitrogens with zero attached hydrogens (tertiary/aromatic N) is 2. The van der Waals surface area contributed by atoms with Gasteiger partial charge in [-0.15, -0.1) is 0 Å². The largest absolute Gasteiger partial charge is 0.336 e. The Labute approximate surface area is 144 Å². The van der Waals surface area contributed by atoms with Gasteiger partial charge in [-0.3, -0.25) is 9.59 Å². The second kappa shape index (κ2) is 8.88. The first-order valence-electron chi connectivity index (χ1n) is 9.11. The molecule has 2 saturated heterocycles. The highest BCUT2D eigenvalue weighted by atomic mass is 19.3. The van der Waals surface area contributed by atoms with Crippen molar-refractivity contribution in [3.05, 3.63) is 0 Å². The van der Waals surface area contributed by atoms with Crippen molar-refractivity contribution in [2.24, 2.45) is 11.8 Å². The zero-order chi connectivity index (χ0) is 18.5. The van der Waals surface area contributed by atoms with E-state index in [9.17, 15) is 18.4 Å². The molecule has 1 atom stereocenters. The summed E-state index contributed by atoms with van der Waals surface area (Å²) in [5.41, 5.74) is 0. The molecule has 0 saturated carbocycles. The van der Waals surface area contributed by atoms with Crippen LogP contribution in [0.15, 0.2) is 0 Å². The lowest BCUT2D eigenvalue weighted by Gasteiger charge is -2.40. The molecule has 2 aliphatic rings. The highest BCUT2D eigenvalue weighted by molar-refractivity contribution is 5.82. The number of Topliss-reactive ketones (excluding diaryl/α,β-unsaturated/α-hetero) is 1. The van der Waals surface area contributed by atoms with Crippen LogP contribution in [-0.4, -0.2) is 59.6 Å². The zero-order valence-electron chi connectivity index (χ0n) is 15.6. The second-order valence-corrected chi connectivity index (χ2v) is 6.99. The van der Waals surface area contributed by atoms with Crippen LogP contribution in [0.5, 0.6) is 0 Å². The summed E-state index contributed by atoms with van der Waals surface area (Å²) in [5, 5.41) is 0. The molecule has 4 nitrogen and oxygen atoms in total. The van der Waals surface area contributed by atoms with E-state index in [1.165, 1.54) is 11.8 Å². The van der Waals surface area contributed by atoms with Gasteiger partial charge in [0.1, 0.15) is 5.78 Å². The van der Waals surface area contributed by atoms with E-state index in [0.717, 1.165) is 13.1 Å². The molecular formula is C18H32F2N2O2. The van der Waals surface area contributed by atoms with Crippen LogP contribution in [0.25, 0.3) is 0 Å². The molecule has 6 heteroatoms.